The molecule has 0 N–H and O–H groups in total. The fourth-order valence-corrected chi connectivity index (χ4v) is 2.85. The SMILES string of the molecule is COC(=O)CN(C(=O)Cc1c(C)nc2ccccc2c1C)C(C)C. The van der Waals surface area contributed by atoms with Crippen LogP contribution in [0.15, 0.2) is 24.3 Å². The van der Waals surface area contributed by atoms with Crippen LogP contribution in [0, 0.1) is 13.8 Å². The summed E-state index contributed by atoms with van der Waals surface area (Å²) in [6.45, 7) is 7.67. The summed E-state index contributed by atoms with van der Waals surface area (Å²) in [5.74, 6) is -0.513. The minimum atomic E-state index is -0.415. The third-order valence-electron chi connectivity index (χ3n) is 4.28. The van der Waals surface area contributed by atoms with Crippen molar-refractivity contribution in [3.8, 4) is 0 Å². The van der Waals surface area contributed by atoms with Crippen LogP contribution in [0.2, 0.25) is 0 Å². The van der Waals surface area contributed by atoms with Crippen molar-refractivity contribution in [2.45, 2.75) is 40.2 Å². The van der Waals surface area contributed by atoms with Gasteiger partial charge in [-0.05, 0) is 44.9 Å². The number of aryl methyl sites for hydroxylation is 2. The number of hydrogen-bond donors (Lipinski definition) is 0. The second kappa shape index (κ2) is 7.43. The number of fused-ring (bicyclic) bond motifs is 1. The fourth-order valence-electron chi connectivity index (χ4n) is 2.85. The summed E-state index contributed by atoms with van der Waals surface area (Å²) >= 11 is 0. The largest absolute Gasteiger partial charge is 0.468 e. The summed E-state index contributed by atoms with van der Waals surface area (Å²) < 4.78 is 4.69. The highest BCUT2D eigenvalue weighted by molar-refractivity contribution is 5.88. The number of amides is 1. The minimum absolute atomic E-state index is 0.0356. The lowest BCUT2D eigenvalue weighted by molar-refractivity contribution is -0.148. The van der Waals surface area contributed by atoms with Crippen LogP contribution in [0.3, 0.4) is 0 Å². The van der Waals surface area contributed by atoms with Gasteiger partial charge in [-0.2, -0.15) is 0 Å². The van der Waals surface area contributed by atoms with E-state index in [2.05, 4.69) is 4.98 Å². The number of para-hydroxylation sites is 1. The maximum Gasteiger partial charge on any atom is 0.325 e. The van der Waals surface area contributed by atoms with E-state index in [-0.39, 0.29) is 24.9 Å². The fraction of sp³-hybridized carbons (Fsp3) is 0.421. The summed E-state index contributed by atoms with van der Waals surface area (Å²) in [6, 6.07) is 7.83. The van der Waals surface area contributed by atoms with E-state index in [0.717, 1.165) is 27.7 Å². The van der Waals surface area contributed by atoms with E-state index in [1.54, 1.807) is 4.90 Å². The second-order valence-electron chi connectivity index (χ2n) is 6.19. The van der Waals surface area contributed by atoms with Crippen molar-refractivity contribution in [1.29, 1.82) is 0 Å². The highest BCUT2D eigenvalue weighted by Crippen LogP contribution is 2.23. The summed E-state index contributed by atoms with van der Waals surface area (Å²) in [6.07, 6.45) is 0.227. The molecule has 5 heteroatoms. The standard InChI is InChI=1S/C19H24N2O3/c1-12(2)21(11-19(23)24-5)18(22)10-16-13(3)15-8-6-7-9-17(15)20-14(16)4/h6-9,12H,10-11H2,1-5H3. The predicted octanol–water partition coefficient (Wildman–Crippen LogP) is 2.80. The maximum absolute atomic E-state index is 12.7. The summed E-state index contributed by atoms with van der Waals surface area (Å²) in [4.78, 5) is 30.5. The molecule has 1 heterocycles. The van der Waals surface area contributed by atoms with Crippen molar-refractivity contribution in [2.24, 2.45) is 0 Å². The Balaban J connectivity index is 2.33. The van der Waals surface area contributed by atoms with E-state index < -0.39 is 5.97 Å². The number of rotatable bonds is 5. The van der Waals surface area contributed by atoms with Gasteiger partial charge in [-0.1, -0.05) is 18.2 Å². The summed E-state index contributed by atoms with van der Waals surface area (Å²) in [5.41, 5.74) is 3.77. The van der Waals surface area contributed by atoms with Gasteiger partial charge in [0, 0.05) is 17.1 Å². The van der Waals surface area contributed by atoms with Crippen LogP contribution in [0.25, 0.3) is 10.9 Å². The molecule has 0 radical (unpaired) electrons. The van der Waals surface area contributed by atoms with Crippen molar-refractivity contribution in [1.82, 2.24) is 9.88 Å². The number of ether oxygens (including phenoxy) is 1. The Bertz CT molecular complexity index is 769. The molecule has 0 aliphatic heterocycles. The van der Waals surface area contributed by atoms with Gasteiger partial charge in [0.05, 0.1) is 19.0 Å². The topological polar surface area (TPSA) is 59.5 Å². The number of hydrogen-bond acceptors (Lipinski definition) is 4. The van der Waals surface area contributed by atoms with E-state index in [4.69, 9.17) is 4.74 Å². The van der Waals surface area contributed by atoms with Gasteiger partial charge in [0.25, 0.3) is 0 Å². The third-order valence-corrected chi connectivity index (χ3v) is 4.28. The first-order valence-corrected chi connectivity index (χ1v) is 8.06. The number of nitrogens with zero attached hydrogens (tertiary/aromatic N) is 2. The van der Waals surface area contributed by atoms with Crippen molar-refractivity contribution >= 4 is 22.8 Å². The lowest BCUT2D eigenvalue weighted by atomic mass is 9.99. The quantitative estimate of drug-likeness (QED) is 0.792. The molecule has 0 spiro atoms. The van der Waals surface area contributed by atoms with Crippen LogP contribution in [0.4, 0.5) is 0 Å². The van der Waals surface area contributed by atoms with Gasteiger partial charge in [0.1, 0.15) is 6.54 Å². The van der Waals surface area contributed by atoms with Crippen LogP contribution in [-0.4, -0.2) is 41.5 Å². The first-order valence-electron chi connectivity index (χ1n) is 8.06. The van der Waals surface area contributed by atoms with Crippen molar-refractivity contribution in [3.05, 3.63) is 41.1 Å². The number of pyridine rings is 1. The highest BCUT2D eigenvalue weighted by Gasteiger charge is 2.22. The van der Waals surface area contributed by atoms with Crippen molar-refractivity contribution < 1.29 is 14.3 Å². The van der Waals surface area contributed by atoms with E-state index in [1.165, 1.54) is 7.11 Å². The van der Waals surface area contributed by atoms with Gasteiger partial charge in [-0.3, -0.25) is 14.6 Å². The minimum Gasteiger partial charge on any atom is -0.468 e. The number of methoxy groups -OCH3 is 1. The van der Waals surface area contributed by atoms with E-state index >= 15 is 0 Å². The first-order chi connectivity index (χ1) is 11.3. The maximum atomic E-state index is 12.7. The third kappa shape index (κ3) is 3.72. The van der Waals surface area contributed by atoms with Crippen molar-refractivity contribution in [2.75, 3.05) is 13.7 Å². The van der Waals surface area contributed by atoms with Crippen LogP contribution < -0.4 is 0 Å². The Morgan fingerprint density at radius 1 is 1.21 bits per heavy atom. The highest BCUT2D eigenvalue weighted by atomic mass is 16.5. The Morgan fingerprint density at radius 3 is 2.50 bits per heavy atom. The smallest absolute Gasteiger partial charge is 0.325 e. The van der Waals surface area contributed by atoms with Crippen LogP contribution in [0.5, 0.6) is 0 Å². The van der Waals surface area contributed by atoms with E-state index in [9.17, 15) is 9.59 Å². The molecule has 0 unspecified atom stereocenters. The molecule has 2 aromatic rings. The summed E-state index contributed by atoms with van der Waals surface area (Å²) in [7, 11) is 1.33. The normalized spacial score (nSPS) is 10.9. The summed E-state index contributed by atoms with van der Waals surface area (Å²) in [5, 5.41) is 1.05. The lowest BCUT2D eigenvalue weighted by Gasteiger charge is -2.26. The number of benzene rings is 1. The molecular weight excluding hydrogens is 304 g/mol. The van der Waals surface area contributed by atoms with Gasteiger partial charge in [0.2, 0.25) is 5.91 Å². The van der Waals surface area contributed by atoms with Gasteiger partial charge in [-0.15, -0.1) is 0 Å². The molecule has 0 aliphatic rings. The molecule has 1 aromatic heterocycles. The van der Waals surface area contributed by atoms with Gasteiger partial charge >= 0.3 is 5.97 Å². The molecule has 0 saturated heterocycles. The molecular formula is C19H24N2O3. The molecule has 0 aliphatic carbocycles. The van der Waals surface area contributed by atoms with Crippen LogP contribution >= 0.6 is 0 Å². The number of esters is 1. The Hall–Kier alpha value is -2.43. The van der Waals surface area contributed by atoms with Gasteiger partial charge in [-0.25, -0.2) is 0 Å². The lowest BCUT2D eigenvalue weighted by Crippen LogP contribution is -2.42. The molecule has 1 aromatic carbocycles. The zero-order valence-electron chi connectivity index (χ0n) is 14.9. The monoisotopic (exact) mass is 328 g/mol. The van der Waals surface area contributed by atoms with E-state index in [0.29, 0.717) is 0 Å². The molecule has 1 amide bonds. The molecule has 128 valence electrons. The Morgan fingerprint density at radius 2 is 1.88 bits per heavy atom. The average Bonchev–Trinajstić information content (AvgIpc) is 2.55. The molecule has 24 heavy (non-hydrogen) atoms. The zero-order chi connectivity index (χ0) is 17.9. The number of carbonyl (C=O) groups excluding carboxylic acids is 2. The molecule has 5 nitrogen and oxygen atoms in total. The van der Waals surface area contributed by atoms with E-state index in [1.807, 2.05) is 52.0 Å². The van der Waals surface area contributed by atoms with Gasteiger partial charge in [0.15, 0.2) is 0 Å². The molecule has 0 fully saturated rings. The molecule has 2 rings (SSSR count). The Labute approximate surface area is 142 Å². The van der Waals surface area contributed by atoms with Crippen LogP contribution in [-0.2, 0) is 20.7 Å². The molecule has 0 saturated carbocycles. The second-order valence-corrected chi connectivity index (χ2v) is 6.19. The van der Waals surface area contributed by atoms with Crippen LogP contribution in [0.1, 0.15) is 30.7 Å². The molecule has 0 atom stereocenters. The first kappa shape index (κ1) is 17.9. The molecule has 0 bridgehead atoms. The Kier molecular flexibility index (Phi) is 5.54. The van der Waals surface area contributed by atoms with Gasteiger partial charge < -0.3 is 9.64 Å². The number of carbonyl (C=O) groups is 2. The average molecular weight is 328 g/mol. The number of aromatic nitrogens is 1. The predicted molar refractivity (Wildman–Crippen MR) is 93.8 cm³/mol. The van der Waals surface area contributed by atoms with Crippen molar-refractivity contribution in [3.63, 3.8) is 0 Å². The zero-order valence-corrected chi connectivity index (χ0v) is 14.9.